The average molecular weight is 291 g/mol. The van der Waals surface area contributed by atoms with E-state index in [0.29, 0.717) is 12.1 Å². The van der Waals surface area contributed by atoms with Crippen molar-refractivity contribution in [1.29, 1.82) is 0 Å². The van der Waals surface area contributed by atoms with Crippen LogP contribution in [-0.4, -0.2) is 26.9 Å². The molecule has 1 saturated heterocycles. The number of amides is 1. The molecule has 0 saturated carbocycles. The fourth-order valence-electron chi connectivity index (χ4n) is 3.06. The second-order valence-electron chi connectivity index (χ2n) is 5.65. The Hall–Kier alpha value is -1.13. The van der Waals surface area contributed by atoms with Gasteiger partial charge in [-0.15, -0.1) is 0 Å². The lowest BCUT2D eigenvalue weighted by atomic mass is 10.2. The lowest BCUT2D eigenvalue weighted by molar-refractivity contribution is -0.135. The Labute approximate surface area is 122 Å². The van der Waals surface area contributed by atoms with E-state index in [1.807, 2.05) is 6.07 Å². The molecule has 1 aliphatic rings. The van der Waals surface area contributed by atoms with E-state index in [2.05, 4.69) is 50.4 Å². The fraction of sp³-hybridized carbons (Fsp3) is 0.562. The summed E-state index contributed by atoms with van der Waals surface area (Å²) in [5, 5.41) is 2.78. The standard InChI is InChI=1S/C16H25NO2Si/c1-4-11-20(5-2,19-15-12-17-16(15)18)13(3)14-9-7-6-8-10-14/h6-10,13,15H,4-5,11-12H2,1-3H3,(H,17,18). The number of hydrogen-bond acceptors (Lipinski definition) is 2. The third kappa shape index (κ3) is 2.96. The monoisotopic (exact) mass is 291 g/mol. The summed E-state index contributed by atoms with van der Waals surface area (Å²) < 4.78 is 6.42. The molecule has 0 radical (unpaired) electrons. The molecule has 0 bridgehead atoms. The number of nitrogens with one attached hydrogen (secondary N) is 1. The second-order valence-corrected chi connectivity index (χ2v) is 10.1. The summed E-state index contributed by atoms with van der Waals surface area (Å²) in [6.07, 6.45) is 0.908. The molecule has 1 fully saturated rings. The van der Waals surface area contributed by atoms with Crippen LogP contribution < -0.4 is 5.32 Å². The summed E-state index contributed by atoms with van der Waals surface area (Å²) in [4.78, 5) is 11.6. The first kappa shape index (κ1) is 15.3. The summed E-state index contributed by atoms with van der Waals surface area (Å²) in [6, 6.07) is 12.8. The largest absolute Gasteiger partial charge is 0.403 e. The smallest absolute Gasteiger partial charge is 0.249 e. The molecular weight excluding hydrogens is 266 g/mol. The van der Waals surface area contributed by atoms with Gasteiger partial charge in [0, 0.05) is 5.54 Å². The maximum absolute atomic E-state index is 11.6. The number of hydrogen-bond donors (Lipinski definition) is 1. The third-order valence-electron chi connectivity index (χ3n) is 4.49. The van der Waals surface area contributed by atoms with Crippen LogP contribution in [0.15, 0.2) is 30.3 Å². The van der Waals surface area contributed by atoms with E-state index < -0.39 is 8.32 Å². The maximum atomic E-state index is 11.6. The Morgan fingerprint density at radius 1 is 1.35 bits per heavy atom. The van der Waals surface area contributed by atoms with E-state index in [1.54, 1.807) is 0 Å². The predicted molar refractivity (Wildman–Crippen MR) is 84.1 cm³/mol. The van der Waals surface area contributed by atoms with Gasteiger partial charge in [0.2, 0.25) is 14.2 Å². The topological polar surface area (TPSA) is 38.3 Å². The van der Waals surface area contributed by atoms with Gasteiger partial charge in [-0.25, -0.2) is 0 Å². The number of rotatable bonds is 7. The minimum Gasteiger partial charge on any atom is -0.403 e. The summed E-state index contributed by atoms with van der Waals surface area (Å²) in [6.45, 7) is 7.38. The van der Waals surface area contributed by atoms with E-state index in [0.717, 1.165) is 18.5 Å². The SMILES string of the molecule is CCC[Si](CC)(OC1CNC1=O)C(C)c1ccccc1. The van der Waals surface area contributed by atoms with Crippen LogP contribution in [0, 0.1) is 0 Å². The first-order valence-corrected chi connectivity index (χ1v) is 10.0. The van der Waals surface area contributed by atoms with Gasteiger partial charge >= 0.3 is 0 Å². The van der Waals surface area contributed by atoms with Crippen molar-refractivity contribution in [1.82, 2.24) is 5.32 Å². The van der Waals surface area contributed by atoms with E-state index in [1.165, 1.54) is 5.56 Å². The summed E-state index contributed by atoms with van der Waals surface area (Å²) >= 11 is 0. The quantitative estimate of drug-likeness (QED) is 0.619. The minimum absolute atomic E-state index is 0.0617. The van der Waals surface area contributed by atoms with Crippen LogP contribution in [0.2, 0.25) is 12.1 Å². The van der Waals surface area contributed by atoms with E-state index in [4.69, 9.17) is 4.43 Å². The molecule has 1 aliphatic heterocycles. The molecule has 2 rings (SSSR count). The highest BCUT2D eigenvalue weighted by Crippen LogP contribution is 2.36. The molecule has 20 heavy (non-hydrogen) atoms. The van der Waals surface area contributed by atoms with Gasteiger partial charge in [0.1, 0.15) is 6.10 Å². The summed E-state index contributed by atoms with van der Waals surface area (Å²) in [5.74, 6) is 0.0617. The average Bonchev–Trinajstić information content (AvgIpc) is 2.50. The van der Waals surface area contributed by atoms with Gasteiger partial charge in [-0.3, -0.25) is 4.79 Å². The van der Waals surface area contributed by atoms with Crippen molar-refractivity contribution >= 4 is 14.2 Å². The number of carbonyl (C=O) groups is 1. The molecule has 1 N–H and O–H groups in total. The van der Waals surface area contributed by atoms with Crippen LogP contribution in [0.25, 0.3) is 0 Å². The lowest BCUT2D eigenvalue weighted by Gasteiger charge is -2.41. The molecule has 3 atom stereocenters. The van der Waals surface area contributed by atoms with E-state index in [9.17, 15) is 4.79 Å². The van der Waals surface area contributed by atoms with Gasteiger partial charge in [-0.1, -0.05) is 57.5 Å². The van der Waals surface area contributed by atoms with Crippen molar-refractivity contribution in [2.45, 2.75) is 50.9 Å². The Morgan fingerprint density at radius 3 is 2.50 bits per heavy atom. The minimum atomic E-state index is -1.95. The van der Waals surface area contributed by atoms with Crippen molar-refractivity contribution in [3.05, 3.63) is 35.9 Å². The molecule has 110 valence electrons. The van der Waals surface area contributed by atoms with E-state index in [-0.39, 0.29) is 12.0 Å². The Bertz CT molecular complexity index is 451. The van der Waals surface area contributed by atoms with Crippen LogP contribution in [0.1, 0.15) is 38.3 Å². The van der Waals surface area contributed by atoms with Crippen molar-refractivity contribution in [2.24, 2.45) is 0 Å². The first-order valence-electron chi connectivity index (χ1n) is 7.63. The van der Waals surface area contributed by atoms with E-state index >= 15 is 0 Å². The number of carbonyl (C=O) groups excluding carboxylic acids is 1. The first-order chi connectivity index (χ1) is 9.63. The molecule has 1 aromatic carbocycles. The van der Waals surface area contributed by atoms with Crippen molar-refractivity contribution < 1.29 is 9.22 Å². The van der Waals surface area contributed by atoms with Crippen molar-refractivity contribution in [3.8, 4) is 0 Å². The van der Waals surface area contributed by atoms with Crippen LogP contribution in [-0.2, 0) is 9.22 Å². The second kappa shape index (κ2) is 6.55. The van der Waals surface area contributed by atoms with Crippen molar-refractivity contribution in [3.63, 3.8) is 0 Å². The van der Waals surface area contributed by atoms with Crippen LogP contribution >= 0.6 is 0 Å². The maximum Gasteiger partial charge on any atom is 0.249 e. The molecule has 3 nitrogen and oxygen atoms in total. The third-order valence-corrected chi connectivity index (χ3v) is 9.70. The van der Waals surface area contributed by atoms with Gasteiger partial charge < -0.3 is 9.74 Å². The lowest BCUT2D eigenvalue weighted by Crippen LogP contribution is -2.60. The summed E-state index contributed by atoms with van der Waals surface area (Å²) in [7, 11) is -1.95. The van der Waals surface area contributed by atoms with Gasteiger partial charge in [0.15, 0.2) is 0 Å². The molecule has 4 heteroatoms. The van der Waals surface area contributed by atoms with Gasteiger partial charge in [-0.05, 0) is 17.7 Å². The van der Waals surface area contributed by atoms with Gasteiger partial charge in [0.05, 0.1) is 6.54 Å². The highest BCUT2D eigenvalue weighted by Gasteiger charge is 2.44. The zero-order valence-electron chi connectivity index (χ0n) is 12.7. The highest BCUT2D eigenvalue weighted by atomic mass is 28.4. The summed E-state index contributed by atoms with van der Waals surface area (Å²) in [5.41, 5.74) is 1.76. The fourth-order valence-corrected chi connectivity index (χ4v) is 7.35. The highest BCUT2D eigenvalue weighted by molar-refractivity contribution is 6.75. The number of β-lactam (4-membered cyclic amide) rings is 1. The molecular formula is C16H25NO2Si. The molecule has 0 aromatic heterocycles. The Morgan fingerprint density at radius 2 is 2.05 bits per heavy atom. The van der Waals surface area contributed by atoms with Crippen LogP contribution in [0.4, 0.5) is 0 Å². The number of benzene rings is 1. The predicted octanol–water partition coefficient (Wildman–Crippen LogP) is 3.22. The van der Waals surface area contributed by atoms with Gasteiger partial charge in [-0.2, -0.15) is 0 Å². The van der Waals surface area contributed by atoms with Crippen LogP contribution in [0.3, 0.4) is 0 Å². The molecule has 1 amide bonds. The van der Waals surface area contributed by atoms with Crippen LogP contribution in [0.5, 0.6) is 0 Å². The normalized spacial score (nSPS) is 22.6. The zero-order chi connectivity index (χ0) is 14.6. The molecule has 1 heterocycles. The zero-order valence-corrected chi connectivity index (χ0v) is 13.7. The Kier molecular flexibility index (Phi) is 4.99. The molecule has 1 aromatic rings. The molecule has 0 aliphatic carbocycles. The molecule has 3 unspecified atom stereocenters. The Balaban J connectivity index is 2.22. The van der Waals surface area contributed by atoms with Crippen molar-refractivity contribution in [2.75, 3.05) is 6.54 Å². The van der Waals surface area contributed by atoms with Gasteiger partial charge in [0.25, 0.3) is 0 Å². The molecule has 0 spiro atoms.